The molecule has 17 heteroatoms. The van der Waals surface area contributed by atoms with E-state index in [0.29, 0.717) is 0 Å². The van der Waals surface area contributed by atoms with E-state index in [1.807, 2.05) is 6.26 Å². The Balaban J connectivity index is 0.000000536. The first kappa shape index (κ1) is 35.5. The van der Waals surface area contributed by atoms with Crippen molar-refractivity contribution in [2.75, 3.05) is 12.5 Å². The summed E-state index contributed by atoms with van der Waals surface area (Å²) in [7, 11) is 56.0. The molecule has 0 aliphatic rings. The molecule has 0 aliphatic carbocycles. The number of benzene rings is 2. The van der Waals surface area contributed by atoms with Gasteiger partial charge in [-0.2, -0.15) is 0 Å². The zero-order valence-corrected chi connectivity index (χ0v) is 31.9. The van der Waals surface area contributed by atoms with Crippen LogP contribution in [-0.4, -0.2) is 30.8 Å². The third-order valence-corrected chi connectivity index (χ3v) is 6.01. The molecule has 0 spiro atoms. The normalized spacial score (nSPS) is 18.3. The van der Waals surface area contributed by atoms with Crippen molar-refractivity contribution in [3.8, 4) is 0 Å². The molecule has 2 aromatic rings. The Morgan fingerprint density at radius 1 is 0.484 bits per heavy atom. The molecule has 2 aromatic carbocycles. The summed E-state index contributed by atoms with van der Waals surface area (Å²) in [5.41, 5.74) is 0. The van der Waals surface area contributed by atoms with Crippen LogP contribution in [0.5, 0.6) is 0 Å². The average Bonchev–Trinajstić information content (AvgIpc) is 2.49. The van der Waals surface area contributed by atoms with Crippen molar-refractivity contribution < 1.29 is 0 Å². The van der Waals surface area contributed by atoms with E-state index in [-0.39, 0.29) is 21.0 Å². The molecule has 0 aromatic heterocycles. The topological polar surface area (TPSA) is 0 Å². The fraction of sp³-hybridized carbons (Fsp3) is 0.143. The van der Waals surface area contributed by atoms with Gasteiger partial charge in [-0.15, -0.1) is 0 Å². The fourth-order valence-electron chi connectivity index (χ4n) is 1.59. The molecule has 0 saturated carbocycles. The molecule has 0 saturated heterocycles. The molecule has 0 amide bonds. The van der Waals surface area contributed by atoms with Crippen molar-refractivity contribution in [1.82, 2.24) is 0 Å². The maximum atomic E-state index is 6.08. The number of hydrogen-bond donors (Lipinski definition) is 0. The number of hydrogen-bond acceptors (Lipinski definition) is 0. The first-order chi connectivity index (χ1) is 13.1. The summed E-state index contributed by atoms with van der Waals surface area (Å²) in [4.78, 5) is 3.95. The van der Waals surface area contributed by atoms with Crippen molar-refractivity contribution in [2.24, 2.45) is 0 Å². The molecule has 2 unspecified atom stereocenters. The monoisotopic (exact) mass is 943 g/mol. The van der Waals surface area contributed by atoms with Gasteiger partial charge in [-0.25, -0.2) is 0 Å². The molecule has 0 radical (unpaired) electrons. The molecular formula is C14H15Cl13S2Sb2. The van der Waals surface area contributed by atoms with E-state index in [2.05, 4.69) is 60.9 Å². The Labute approximate surface area is 233 Å². The Kier molecular flexibility index (Phi) is 13.0. The number of halogens is 13. The van der Waals surface area contributed by atoms with Crippen LogP contribution in [-0.2, 0) is 21.0 Å². The van der Waals surface area contributed by atoms with Gasteiger partial charge in [0.2, 0.25) is 0 Å². The van der Waals surface area contributed by atoms with Crippen molar-refractivity contribution >= 4 is 156 Å². The van der Waals surface area contributed by atoms with Crippen LogP contribution in [0.25, 0.3) is 0 Å². The van der Waals surface area contributed by atoms with Crippen LogP contribution in [0.4, 0.5) is 0 Å². The third kappa shape index (κ3) is 30.7. The van der Waals surface area contributed by atoms with Crippen molar-refractivity contribution in [3.63, 3.8) is 0 Å². The van der Waals surface area contributed by atoms with E-state index >= 15 is 0 Å². The second-order valence-corrected chi connectivity index (χ2v) is 124. The van der Waals surface area contributed by atoms with Gasteiger partial charge in [0.15, 0.2) is 25.4 Å². The Morgan fingerprint density at radius 2 is 0.742 bits per heavy atom. The first-order valence-electron chi connectivity index (χ1n) is 7.34. The van der Waals surface area contributed by atoms with Gasteiger partial charge >= 0.3 is 124 Å². The van der Waals surface area contributed by atoms with E-state index in [4.69, 9.17) is 117 Å². The molecule has 0 bridgehead atoms. The Bertz CT molecular complexity index is 794. The van der Waals surface area contributed by atoms with Gasteiger partial charge in [0.05, 0.1) is 10.9 Å². The van der Waals surface area contributed by atoms with Crippen LogP contribution in [0.2, 0.25) is 0 Å². The summed E-state index contributed by atoms with van der Waals surface area (Å²) >= 11 is 0. The average molecular weight is 952 g/mol. The summed E-state index contributed by atoms with van der Waals surface area (Å²) < 4.78 is 0. The summed E-state index contributed by atoms with van der Waals surface area (Å²) in [6.45, 7) is 0. The second-order valence-electron chi connectivity index (χ2n) is 5.65. The minimum atomic E-state index is -5.42. The molecule has 2 rings (SSSR count). The Morgan fingerprint density at radius 3 is 1.03 bits per heavy atom. The summed E-state index contributed by atoms with van der Waals surface area (Å²) in [6, 6.07) is 19.3. The molecule has 0 aliphatic heterocycles. The van der Waals surface area contributed by atoms with Gasteiger partial charge in [0.25, 0.3) is 0 Å². The number of rotatable bonds is 3. The predicted molar refractivity (Wildman–Crippen MR) is 162 cm³/mol. The van der Waals surface area contributed by atoms with E-state index in [0.717, 1.165) is 0 Å². The molecule has 184 valence electrons. The van der Waals surface area contributed by atoms with Crippen LogP contribution in [0.1, 0.15) is 0 Å². The molecule has 0 heterocycles. The molecule has 2 atom stereocenters. The van der Waals surface area contributed by atoms with Gasteiger partial charge in [0, 0.05) is 0 Å². The zero-order valence-electron chi connectivity index (χ0n) is 15.3. The summed E-state index contributed by atoms with van der Waals surface area (Å²) in [5.74, 6) is 0. The van der Waals surface area contributed by atoms with E-state index in [9.17, 15) is 0 Å². The van der Waals surface area contributed by atoms with Crippen LogP contribution >= 0.6 is 117 Å². The van der Waals surface area contributed by atoms with E-state index in [1.165, 1.54) is 14.7 Å². The van der Waals surface area contributed by atoms with Crippen molar-refractivity contribution in [1.29, 1.82) is 0 Å². The van der Waals surface area contributed by atoms with Gasteiger partial charge in [-0.05, 0) is 36.4 Å². The van der Waals surface area contributed by atoms with E-state index < -0.39 is 18.3 Å². The SMILES string of the molecule is C[S+](Cl)c1ccc([S+](C)c2ccccc2)cc1.[Cl][Sb-]([Cl])([Cl])([Cl])([Cl])[Cl].[Cl][Sb-]([Cl])([Cl])([Cl])([Cl])[Cl]. The van der Waals surface area contributed by atoms with Gasteiger partial charge in [-0.1, -0.05) is 18.2 Å². The van der Waals surface area contributed by atoms with Crippen molar-refractivity contribution in [3.05, 3.63) is 54.6 Å². The van der Waals surface area contributed by atoms with Crippen LogP contribution in [0.3, 0.4) is 0 Å². The standard InChI is InChI=1S/C14H15ClS2.12ClH.2Sb/c1-16(12-6-4-3-5-7-12)13-8-10-14(11-9-13)17(2)15;;;;;;;;;;;;;;/h3-11H,1-2H3;12*1H;;/q+2;;;;;;;;;;;;;2*+5/p-12. The van der Waals surface area contributed by atoms with Crippen LogP contribution < -0.4 is 0 Å². The van der Waals surface area contributed by atoms with E-state index in [1.54, 1.807) is 0 Å². The van der Waals surface area contributed by atoms with Crippen LogP contribution in [0.15, 0.2) is 69.3 Å². The Hall–Kier alpha value is 4.55. The molecule has 31 heavy (non-hydrogen) atoms. The quantitative estimate of drug-likeness (QED) is 0.212. The van der Waals surface area contributed by atoms with Crippen molar-refractivity contribution in [2.45, 2.75) is 14.7 Å². The molecule has 0 N–H and O–H groups in total. The molecular weight excluding hydrogens is 937 g/mol. The predicted octanol–water partition coefficient (Wildman–Crippen LogP) is 11.6. The molecule has 0 nitrogen and oxygen atoms in total. The molecule has 0 fully saturated rings. The fourth-order valence-corrected chi connectivity index (χ4v) is 3.79. The third-order valence-electron chi connectivity index (χ3n) is 2.60. The zero-order chi connectivity index (χ0) is 25.1. The minimum absolute atomic E-state index is 0.142. The van der Waals surface area contributed by atoms with Gasteiger partial charge in [-0.3, -0.25) is 0 Å². The van der Waals surface area contributed by atoms with Gasteiger partial charge in [0.1, 0.15) is 22.6 Å². The van der Waals surface area contributed by atoms with Gasteiger partial charge < -0.3 is 0 Å². The van der Waals surface area contributed by atoms with Crippen LogP contribution in [0, 0.1) is 0 Å². The summed E-state index contributed by atoms with van der Waals surface area (Å²) in [6.07, 6.45) is 4.29. The maximum absolute atomic E-state index is 6.08. The summed E-state index contributed by atoms with van der Waals surface area (Å²) in [5, 5.41) is 0. The first-order valence-corrected chi connectivity index (χ1v) is 50.2. The second kappa shape index (κ2) is 11.3.